The second kappa shape index (κ2) is 5.03. The lowest BCUT2D eigenvalue weighted by Gasteiger charge is -2.46. The minimum absolute atomic E-state index is 0.0790. The normalized spacial score (nSPS) is 34.9. The Labute approximate surface area is 98.9 Å². The van der Waals surface area contributed by atoms with Gasteiger partial charge in [0.15, 0.2) is 0 Å². The summed E-state index contributed by atoms with van der Waals surface area (Å²) in [4.78, 5) is 0. The molecule has 2 fully saturated rings. The maximum Gasteiger partial charge on any atom is 0.121 e. The molecule has 0 aliphatic carbocycles. The smallest absolute Gasteiger partial charge is 0.121 e. The molecule has 1 spiro atoms. The van der Waals surface area contributed by atoms with E-state index in [0.29, 0.717) is 5.41 Å². The van der Waals surface area contributed by atoms with Crippen molar-refractivity contribution < 1.29 is 9.47 Å². The molecule has 0 bridgehead atoms. The Kier molecular flexibility index (Phi) is 3.88. The van der Waals surface area contributed by atoms with E-state index in [4.69, 9.17) is 9.47 Å². The fraction of sp³-hybridized carbons (Fsp3) is 1.00. The summed E-state index contributed by atoms with van der Waals surface area (Å²) in [5, 5.41) is 3.66. The number of nitrogens with one attached hydrogen (secondary N) is 1. The van der Waals surface area contributed by atoms with Crippen LogP contribution in [0, 0.1) is 5.41 Å². The monoisotopic (exact) mass is 227 g/mol. The van der Waals surface area contributed by atoms with Crippen LogP contribution in [0.5, 0.6) is 0 Å². The first-order valence-corrected chi connectivity index (χ1v) is 6.71. The van der Waals surface area contributed by atoms with Gasteiger partial charge in [-0.15, -0.1) is 0 Å². The van der Waals surface area contributed by atoms with Gasteiger partial charge in [0.1, 0.15) is 5.72 Å². The third kappa shape index (κ3) is 2.41. The van der Waals surface area contributed by atoms with Crippen LogP contribution in [0.1, 0.15) is 46.0 Å². The highest BCUT2D eigenvalue weighted by Crippen LogP contribution is 2.35. The van der Waals surface area contributed by atoms with Crippen molar-refractivity contribution in [1.29, 1.82) is 0 Å². The first-order chi connectivity index (χ1) is 7.74. The van der Waals surface area contributed by atoms with Crippen LogP contribution in [-0.4, -0.2) is 32.1 Å². The average Bonchev–Trinajstić information content (AvgIpc) is 2.57. The Bertz CT molecular complexity index is 206. The first-order valence-electron chi connectivity index (χ1n) is 6.71. The largest absolute Gasteiger partial charge is 0.381 e. The van der Waals surface area contributed by atoms with Gasteiger partial charge < -0.3 is 9.47 Å². The van der Waals surface area contributed by atoms with Crippen molar-refractivity contribution >= 4 is 0 Å². The Balaban J connectivity index is 1.96. The van der Waals surface area contributed by atoms with Crippen molar-refractivity contribution in [2.45, 2.75) is 51.7 Å². The molecule has 0 aromatic carbocycles. The number of rotatable bonds is 2. The van der Waals surface area contributed by atoms with Gasteiger partial charge in [0.2, 0.25) is 0 Å². The number of hydrogen-bond acceptors (Lipinski definition) is 3. The van der Waals surface area contributed by atoms with Crippen LogP contribution in [0.3, 0.4) is 0 Å². The van der Waals surface area contributed by atoms with Gasteiger partial charge >= 0.3 is 0 Å². The maximum absolute atomic E-state index is 6.19. The second-order valence-corrected chi connectivity index (χ2v) is 5.31. The van der Waals surface area contributed by atoms with Crippen molar-refractivity contribution in [1.82, 2.24) is 5.32 Å². The lowest BCUT2D eigenvalue weighted by molar-refractivity contribution is -0.154. The second-order valence-electron chi connectivity index (χ2n) is 5.31. The molecule has 2 saturated heterocycles. The summed E-state index contributed by atoms with van der Waals surface area (Å²) in [6.45, 7) is 8.26. The molecule has 0 amide bonds. The Morgan fingerprint density at radius 1 is 1.12 bits per heavy atom. The number of hydrogen-bond donors (Lipinski definition) is 1. The van der Waals surface area contributed by atoms with E-state index in [2.05, 4.69) is 19.2 Å². The molecule has 0 saturated carbocycles. The van der Waals surface area contributed by atoms with E-state index < -0.39 is 0 Å². The molecule has 1 atom stereocenters. The molecule has 16 heavy (non-hydrogen) atoms. The predicted molar refractivity (Wildman–Crippen MR) is 64.4 cm³/mol. The Morgan fingerprint density at radius 3 is 2.56 bits per heavy atom. The van der Waals surface area contributed by atoms with Gasteiger partial charge in [-0.3, -0.25) is 5.32 Å². The SMILES string of the molecule is CCC1(CC)CNC2(CCCOCC2)OC1. The van der Waals surface area contributed by atoms with Gasteiger partial charge in [0.05, 0.1) is 13.2 Å². The summed E-state index contributed by atoms with van der Waals surface area (Å²) in [7, 11) is 0. The molecule has 2 rings (SSSR count). The van der Waals surface area contributed by atoms with Gasteiger partial charge in [0.25, 0.3) is 0 Å². The third-order valence-corrected chi connectivity index (χ3v) is 4.46. The summed E-state index contributed by atoms with van der Waals surface area (Å²) < 4.78 is 11.7. The highest BCUT2D eigenvalue weighted by molar-refractivity contribution is 4.91. The van der Waals surface area contributed by atoms with Crippen molar-refractivity contribution in [2.24, 2.45) is 5.41 Å². The number of ether oxygens (including phenoxy) is 2. The first kappa shape index (κ1) is 12.3. The lowest BCUT2D eigenvalue weighted by Crippen LogP contribution is -2.58. The van der Waals surface area contributed by atoms with Crippen LogP contribution < -0.4 is 5.32 Å². The third-order valence-electron chi connectivity index (χ3n) is 4.46. The zero-order valence-corrected chi connectivity index (χ0v) is 10.7. The van der Waals surface area contributed by atoms with E-state index >= 15 is 0 Å². The summed E-state index contributed by atoms with van der Waals surface area (Å²) >= 11 is 0. The van der Waals surface area contributed by atoms with Gasteiger partial charge in [-0.1, -0.05) is 13.8 Å². The quantitative estimate of drug-likeness (QED) is 0.785. The van der Waals surface area contributed by atoms with Crippen LogP contribution in [0.2, 0.25) is 0 Å². The van der Waals surface area contributed by atoms with Gasteiger partial charge in [-0.2, -0.15) is 0 Å². The van der Waals surface area contributed by atoms with E-state index in [-0.39, 0.29) is 5.72 Å². The zero-order valence-electron chi connectivity index (χ0n) is 10.7. The predicted octanol–water partition coefficient (Wildman–Crippen LogP) is 2.31. The summed E-state index contributed by atoms with van der Waals surface area (Å²) in [5.41, 5.74) is 0.281. The molecule has 3 nitrogen and oxygen atoms in total. The minimum atomic E-state index is -0.0790. The molecule has 0 aromatic rings. The van der Waals surface area contributed by atoms with Gasteiger partial charge in [0, 0.05) is 25.0 Å². The van der Waals surface area contributed by atoms with Crippen molar-refractivity contribution in [2.75, 3.05) is 26.4 Å². The molecule has 1 unspecified atom stereocenters. The summed E-state index contributed by atoms with van der Waals surface area (Å²) in [6.07, 6.45) is 5.59. The maximum atomic E-state index is 6.19. The molecule has 0 radical (unpaired) electrons. The lowest BCUT2D eigenvalue weighted by atomic mass is 9.81. The van der Waals surface area contributed by atoms with E-state index in [1.165, 1.54) is 12.8 Å². The van der Waals surface area contributed by atoms with E-state index in [0.717, 1.165) is 45.6 Å². The molecule has 94 valence electrons. The standard InChI is InChI=1S/C13H25NO2/c1-3-12(4-2)10-14-13(16-11-12)6-5-8-15-9-7-13/h14H,3-11H2,1-2H3. The topological polar surface area (TPSA) is 30.5 Å². The van der Waals surface area contributed by atoms with Crippen molar-refractivity contribution in [3.05, 3.63) is 0 Å². The molecular formula is C13H25NO2. The molecule has 2 aliphatic rings. The van der Waals surface area contributed by atoms with Crippen LogP contribution in [0.4, 0.5) is 0 Å². The highest BCUT2D eigenvalue weighted by Gasteiger charge is 2.41. The fourth-order valence-electron chi connectivity index (χ4n) is 2.69. The highest BCUT2D eigenvalue weighted by atomic mass is 16.5. The van der Waals surface area contributed by atoms with Crippen LogP contribution in [-0.2, 0) is 9.47 Å². The van der Waals surface area contributed by atoms with Gasteiger partial charge in [-0.25, -0.2) is 0 Å². The van der Waals surface area contributed by atoms with E-state index in [1.54, 1.807) is 0 Å². The van der Waals surface area contributed by atoms with Crippen LogP contribution in [0.25, 0.3) is 0 Å². The summed E-state index contributed by atoms with van der Waals surface area (Å²) in [5.74, 6) is 0. The molecule has 3 heteroatoms. The molecule has 1 N–H and O–H groups in total. The fourth-order valence-corrected chi connectivity index (χ4v) is 2.69. The van der Waals surface area contributed by atoms with Crippen molar-refractivity contribution in [3.8, 4) is 0 Å². The molecule has 0 aromatic heterocycles. The zero-order chi connectivity index (χ0) is 11.5. The minimum Gasteiger partial charge on any atom is -0.381 e. The van der Waals surface area contributed by atoms with Crippen molar-refractivity contribution in [3.63, 3.8) is 0 Å². The van der Waals surface area contributed by atoms with Crippen LogP contribution in [0.15, 0.2) is 0 Å². The average molecular weight is 227 g/mol. The molecule has 2 heterocycles. The Morgan fingerprint density at radius 2 is 1.94 bits per heavy atom. The molecular weight excluding hydrogens is 202 g/mol. The molecule has 2 aliphatic heterocycles. The van der Waals surface area contributed by atoms with Gasteiger partial charge in [-0.05, 0) is 25.7 Å². The Hall–Kier alpha value is -0.120. The van der Waals surface area contributed by atoms with E-state index in [1.807, 2.05) is 0 Å². The summed E-state index contributed by atoms with van der Waals surface area (Å²) in [6, 6.07) is 0. The van der Waals surface area contributed by atoms with Crippen LogP contribution >= 0.6 is 0 Å². The van der Waals surface area contributed by atoms with E-state index in [9.17, 15) is 0 Å².